The van der Waals surface area contributed by atoms with Crippen LogP contribution in [0.3, 0.4) is 0 Å². The van der Waals surface area contributed by atoms with Crippen LogP contribution >= 0.6 is 0 Å². The summed E-state index contributed by atoms with van der Waals surface area (Å²) in [4.78, 5) is 26.3. The standard InChI is InChI=1S/C17H23NO3/c1-16(2,3)17(11-7-8-12-18(17)15(20)21)14(19)13-9-5-4-6-10-13/h4-6,9-10H,7-8,11-12H2,1-3H3,(H,20,21). The van der Waals surface area contributed by atoms with Gasteiger partial charge in [-0.2, -0.15) is 0 Å². The average Bonchev–Trinajstić information content (AvgIpc) is 2.46. The van der Waals surface area contributed by atoms with Crippen LogP contribution in [-0.2, 0) is 0 Å². The molecule has 1 aromatic carbocycles. The first-order chi connectivity index (χ1) is 9.80. The van der Waals surface area contributed by atoms with Crippen LogP contribution in [-0.4, -0.2) is 34.0 Å². The van der Waals surface area contributed by atoms with Gasteiger partial charge in [0.05, 0.1) is 0 Å². The fraction of sp³-hybridized carbons (Fsp3) is 0.529. The summed E-state index contributed by atoms with van der Waals surface area (Å²) in [6.45, 7) is 6.28. The summed E-state index contributed by atoms with van der Waals surface area (Å²) in [5.41, 5.74) is -0.863. The maximum atomic E-state index is 13.2. The molecule has 1 fully saturated rings. The van der Waals surface area contributed by atoms with E-state index in [4.69, 9.17) is 0 Å². The van der Waals surface area contributed by atoms with E-state index >= 15 is 0 Å². The molecule has 1 aliphatic heterocycles. The number of nitrogens with zero attached hydrogens (tertiary/aromatic N) is 1. The van der Waals surface area contributed by atoms with Crippen LogP contribution in [0, 0.1) is 5.41 Å². The van der Waals surface area contributed by atoms with E-state index in [2.05, 4.69) is 0 Å². The molecule has 21 heavy (non-hydrogen) atoms. The van der Waals surface area contributed by atoms with E-state index in [1.165, 1.54) is 4.90 Å². The van der Waals surface area contributed by atoms with Crippen LogP contribution in [0.25, 0.3) is 0 Å². The van der Waals surface area contributed by atoms with Crippen molar-refractivity contribution >= 4 is 11.9 Å². The summed E-state index contributed by atoms with van der Waals surface area (Å²) < 4.78 is 0. The van der Waals surface area contributed by atoms with Gasteiger partial charge in [-0.1, -0.05) is 51.1 Å². The predicted octanol–water partition coefficient (Wildman–Crippen LogP) is 3.82. The summed E-state index contributed by atoms with van der Waals surface area (Å²) in [5, 5.41) is 9.61. The van der Waals surface area contributed by atoms with E-state index in [-0.39, 0.29) is 5.78 Å². The van der Waals surface area contributed by atoms with Crippen LogP contribution in [0.1, 0.15) is 50.4 Å². The molecule has 4 nitrogen and oxygen atoms in total. The van der Waals surface area contributed by atoms with Crippen LogP contribution in [0.2, 0.25) is 0 Å². The Morgan fingerprint density at radius 3 is 2.29 bits per heavy atom. The molecule has 114 valence electrons. The van der Waals surface area contributed by atoms with Crippen molar-refractivity contribution < 1.29 is 14.7 Å². The second-order valence-corrected chi connectivity index (χ2v) is 6.70. The maximum Gasteiger partial charge on any atom is 0.408 e. The van der Waals surface area contributed by atoms with E-state index in [0.29, 0.717) is 18.5 Å². The molecule has 1 unspecified atom stereocenters. The highest BCUT2D eigenvalue weighted by Crippen LogP contribution is 2.44. The zero-order chi connectivity index (χ0) is 15.7. The van der Waals surface area contributed by atoms with Crippen LogP contribution in [0.15, 0.2) is 30.3 Å². The summed E-state index contributed by atoms with van der Waals surface area (Å²) in [7, 11) is 0. The molecule has 1 saturated heterocycles. The van der Waals surface area contributed by atoms with Crippen molar-refractivity contribution in [3.8, 4) is 0 Å². The number of likely N-dealkylation sites (tertiary alicyclic amines) is 1. The average molecular weight is 289 g/mol. The second-order valence-electron chi connectivity index (χ2n) is 6.70. The minimum absolute atomic E-state index is 0.0855. The molecule has 0 bridgehead atoms. The van der Waals surface area contributed by atoms with Crippen molar-refractivity contribution in [2.45, 2.75) is 45.6 Å². The Balaban J connectivity index is 2.56. The van der Waals surface area contributed by atoms with Crippen LogP contribution in [0.5, 0.6) is 0 Å². The number of amides is 1. The Kier molecular flexibility index (Phi) is 4.08. The van der Waals surface area contributed by atoms with Gasteiger partial charge in [0, 0.05) is 12.1 Å². The molecular formula is C17H23NO3. The summed E-state index contributed by atoms with van der Waals surface area (Å²) >= 11 is 0. The molecule has 1 atom stereocenters. The quantitative estimate of drug-likeness (QED) is 0.842. The molecule has 0 aromatic heterocycles. The first-order valence-corrected chi connectivity index (χ1v) is 7.41. The van der Waals surface area contributed by atoms with Crippen molar-refractivity contribution in [2.24, 2.45) is 5.41 Å². The third kappa shape index (κ3) is 2.55. The number of benzene rings is 1. The monoisotopic (exact) mass is 289 g/mol. The Hall–Kier alpha value is -1.84. The molecule has 0 aliphatic carbocycles. The molecule has 1 aliphatic rings. The van der Waals surface area contributed by atoms with Gasteiger partial charge in [-0.05, 0) is 24.7 Å². The minimum Gasteiger partial charge on any atom is -0.465 e. The molecule has 0 radical (unpaired) electrons. The third-order valence-electron chi connectivity index (χ3n) is 4.51. The van der Waals surface area contributed by atoms with Gasteiger partial charge < -0.3 is 5.11 Å². The number of carboxylic acid groups (broad SMARTS) is 1. The summed E-state index contributed by atoms with van der Waals surface area (Å²) in [6, 6.07) is 9.03. The normalized spacial score (nSPS) is 22.9. The first-order valence-electron chi connectivity index (χ1n) is 7.41. The second kappa shape index (κ2) is 5.51. The zero-order valence-corrected chi connectivity index (χ0v) is 12.9. The van der Waals surface area contributed by atoms with Gasteiger partial charge in [-0.3, -0.25) is 9.69 Å². The highest BCUT2D eigenvalue weighted by atomic mass is 16.4. The van der Waals surface area contributed by atoms with Gasteiger partial charge in [0.2, 0.25) is 0 Å². The van der Waals surface area contributed by atoms with Crippen molar-refractivity contribution in [2.75, 3.05) is 6.54 Å². The Morgan fingerprint density at radius 2 is 1.76 bits per heavy atom. The predicted molar refractivity (Wildman–Crippen MR) is 81.5 cm³/mol. The topological polar surface area (TPSA) is 57.6 Å². The van der Waals surface area contributed by atoms with Crippen LogP contribution < -0.4 is 0 Å². The van der Waals surface area contributed by atoms with E-state index in [1.807, 2.05) is 39.0 Å². The zero-order valence-electron chi connectivity index (χ0n) is 12.9. The lowest BCUT2D eigenvalue weighted by Gasteiger charge is -2.52. The maximum absolute atomic E-state index is 13.2. The highest BCUT2D eigenvalue weighted by molar-refractivity contribution is 6.05. The lowest BCUT2D eigenvalue weighted by molar-refractivity contribution is -0.0108. The Bertz CT molecular complexity index is 533. The molecule has 1 aromatic rings. The number of carbonyl (C=O) groups excluding carboxylic acids is 1. The Morgan fingerprint density at radius 1 is 1.14 bits per heavy atom. The summed E-state index contributed by atoms with van der Waals surface area (Å²) in [6.07, 6.45) is 1.26. The number of piperidine rings is 1. The lowest BCUT2D eigenvalue weighted by atomic mass is 9.64. The SMILES string of the molecule is CC(C)(C)C1(C(=O)c2ccccc2)CCCCN1C(=O)O. The van der Waals surface area contributed by atoms with Gasteiger partial charge in [0.1, 0.15) is 5.54 Å². The molecule has 1 N–H and O–H groups in total. The smallest absolute Gasteiger partial charge is 0.408 e. The van der Waals surface area contributed by atoms with Gasteiger partial charge in [-0.15, -0.1) is 0 Å². The van der Waals surface area contributed by atoms with Crippen molar-refractivity contribution in [1.29, 1.82) is 0 Å². The number of rotatable bonds is 2. The van der Waals surface area contributed by atoms with Crippen LogP contribution in [0.4, 0.5) is 4.79 Å². The minimum atomic E-state index is -1.01. The number of ketones is 1. The first kappa shape index (κ1) is 15.5. The number of Topliss-reactive ketones (excluding diaryl/α,β-unsaturated/α-hetero) is 1. The lowest BCUT2D eigenvalue weighted by Crippen LogP contribution is -2.65. The van der Waals surface area contributed by atoms with Gasteiger partial charge >= 0.3 is 6.09 Å². The summed E-state index contributed by atoms with van der Waals surface area (Å²) in [5.74, 6) is -0.0855. The highest BCUT2D eigenvalue weighted by Gasteiger charge is 2.55. The third-order valence-corrected chi connectivity index (χ3v) is 4.51. The van der Waals surface area contributed by atoms with E-state index < -0.39 is 17.0 Å². The van der Waals surface area contributed by atoms with Crippen molar-refractivity contribution in [3.63, 3.8) is 0 Å². The number of hydrogen-bond acceptors (Lipinski definition) is 2. The fourth-order valence-electron chi connectivity index (χ4n) is 3.42. The molecular weight excluding hydrogens is 266 g/mol. The molecule has 1 amide bonds. The molecule has 4 heteroatoms. The van der Waals surface area contributed by atoms with Crippen molar-refractivity contribution in [3.05, 3.63) is 35.9 Å². The molecule has 0 spiro atoms. The van der Waals surface area contributed by atoms with Gasteiger partial charge in [-0.25, -0.2) is 4.79 Å². The molecule has 0 saturated carbocycles. The van der Waals surface area contributed by atoms with Crippen molar-refractivity contribution in [1.82, 2.24) is 4.90 Å². The number of carbonyl (C=O) groups is 2. The number of hydrogen-bond donors (Lipinski definition) is 1. The van der Waals surface area contributed by atoms with E-state index in [0.717, 1.165) is 12.8 Å². The Labute approximate surface area is 125 Å². The molecule has 2 rings (SSSR count). The van der Waals surface area contributed by atoms with Gasteiger partial charge in [0.15, 0.2) is 5.78 Å². The van der Waals surface area contributed by atoms with E-state index in [9.17, 15) is 14.7 Å². The largest absolute Gasteiger partial charge is 0.465 e. The van der Waals surface area contributed by atoms with E-state index in [1.54, 1.807) is 12.1 Å². The van der Waals surface area contributed by atoms with Gasteiger partial charge in [0.25, 0.3) is 0 Å². The molecule has 1 heterocycles. The fourth-order valence-corrected chi connectivity index (χ4v) is 3.42.